The summed E-state index contributed by atoms with van der Waals surface area (Å²) in [5.41, 5.74) is -2.36. The smallest absolute Gasteiger partial charge is 0.475 e. The molecule has 2 aliphatic rings. The fraction of sp³-hybridized carbons (Fsp3) is 0.385. The Labute approximate surface area is 323 Å². The van der Waals surface area contributed by atoms with Crippen LogP contribution >= 0.6 is 19.6 Å². The second-order valence-electron chi connectivity index (χ2n) is 13.7. The second-order valence-corrected chi connectivity index (χ2v) is 16.4. The standard InChI is InChI=1S/C39H44N3O11PS/c1-6-49-34(43)37(2,3)35(44)55-24-23-50-54(47)51-25-30-32(53-54)38(4,46)33(52-30)42-22-21-31(40-36(42)45)41-39(26-13-9-7-10-14-26,27-15-11-8-12-16-27)28-17-19-29(48-5)20-18-28/h7-22,30,32-33,46H,6,23-25H2,1-5H3,(H,40,41,45)/t30-,32-,33-,38-,54?/m1/s1. The van der Waals surface area contributed by atoms with Crippen LogP contribution in [0.15, 0.2) is 102 Å². The summed E-state index contributed by atoms with van der Waals surface area (Å²) in [6, 6.07) is 28.8. The van der Waals surface area contributed by atoms with Crippen LogP contribution in [0.2, 0.25) is 0 Å². The minimum absolute atomic E-state index is 0.0394. The Balaban J connectivity index is 1.21. The minimum atomic E-state index is -4.23. The molecule has 0 amide bonds. The first-order valence-corrected chi connectivity index (χ1v) is 20.1. The number of phosphoric acid groups is 1. The van der Waals surface area contributed by atoms with E-state index in [0.717, 1.165) is 33.0 Å². The van der Waals surface area contributed by atoms with E-state index in [4.69, 9.17) is 27.8 Å². The number of ether oxygens (including phenoxy) is 3. The van der Waals surface area contributed by atoms with E-state index in [-0.39, 0.29) is 31.4 Å². The monoisotopic (exact) mass is 793 g/mol. The van der Waals surface area contributed by atoms with Gasteiger partial charge in [-0.15, -0.1) is 0 Å². The summed E-state index contributed by atoms with van der Waals surface area (Å²) in [7, 11) is -2.62. The molecule has 6 rings (SSSR count). The van der Waals surface area contributed by atoms with Crippen molar-refractivity contribution >= 4 is 36.5 Å². The lowest BCUT2D eigenvalue weighted by Gasteiger charge is -2.37. The molecule has 2 saturated heterocycles. The number of rotatable bonds is 14. The molecule has 0 aliphatic carbocycles. The molecule has 5 atom stereocenters. The van der Waals surface area contributed by atoms with E-state index >= 15 is 0 Å². The molecule has 2 N–H and O–H groups in total. The number of benzene rings is 3. The number of esters is 1. The molecule has 2 aliphatic heterocycles. The molecular weight excluding hydrogens is 749 g/mol. The van der Waals surface area contributed by atoms with E-state index in [0.29, 0.717) is 5.75 Å². The van der Waals surface area contributed by atoms with Crippen molar-refractivity contribution in [3.05, 3.63) is 124 Å². The van der Waals surface area contributed by atoms with Crippen molar-refractivity contribution in [1.82, 2.24) is 9.55 Å². The number of carbonyl (C=O) groups is 2. The van der Waals surface area contributed by atoms with Crippen LogP contribution in [-0.4, -0.2) is 76.2 Å². The van der Waals surface area contributed by atoms with E-state index in [1.165, 1.54) is 27.0 Å². The summed E-state index contributed by atoms with van der Waals surface area (Å²) in [6.07, 6.45) is -1.95. The van der Waals surface area contributed by atoms with Crippen LogP contribution in [0.3, 0.4) is 0 Å². The van der Waals surface area contributed by atoms with Gasteiger partial charge in [-0.1, -0.05) is 84.6 Å². The van der Waals surface area contributed by atoms with Crippen LogP contribution in [0.25, 0.3) is 0 Å². The first kappa shape index (κ1) is 40.3. The fourth-order valence-electron chi connectivity index (χ4n) is 6.59. The predicted molar refractivity (Wildman–Crippen MR) is 205 cm³/mol. The molecule has 0 bridgehead atoms. The Morgan fingerprint density at radius 1 is 1.02 bits per heavy atom. The van der Waals surface area contributed by atoms with Gasteiger partial charge in [0.2, 0.25) is 5.12 Å². The number of nitrogens with one attached hydrogen (secondary N) is 1. The molecule has 292 valence electrons. The van der Waals surface area contributed by atoms with Gasteiger partial charge in [-0.25, -0.2) is 9.36 Å². The average molecular weight is 794 g/mol. The highest BCUT2D eigenvalue weighted by molar-refractivity contribution is 8.13. The zero-order chi connectivity index (χ0) is 39.4. The first-order chi connectivity index (χ1) is 26.2. The Morgan fingerprint density at radius 3 is 2.22 bits per heavy atom. The molecule has 3 heterocycles. The Morgan fingerprint density at radius 2 is 1.64 bits per heavy atom. The van der Waals surface area contributed by atoms with Crippen LogP contribution in [0.5, 0.6) is 5.75 Å². The molecule has 3 aromatic carbocycles. The van der Waals surface area contributed by atoms with Crippen molar-refractivity contribution in [3.8, 4) is 5.75 Å². The highest BCUT2D eigenvalue weighted by Gasteiger charge is 2.60. The number of aromatic nitrogens is 2. The Bertz CT molecular complexity index is 2040. The van der Waals surface area contributed by atoms with Crippen LogP contribution < -0.4 is 15.7 Å². The lowest BCUT2D eigenvalue weighted by Crippen LogP contribution is -2.49. The number of fused-ring (bicyclic) bond motifs is 1. The predicted octanol–water partition coefficient (Wildman–Crippen LogP) is 5.69. The van der Waals surface area contributed by atoms with Gasteiger partial charge in [0.15, 0.2) is 6.23 Å². The maximum absolute atomic E-state index is 13.8. The summed E-state index contributed by atoms with van der Waals surface area (Å²) < 4.78 is 47.7. The quantitative estimate of drug-likeness (QED) is 0.0524. The number of carbonyl (C=O) groups excluding carboxylic acids is 2. The molecule has 55 heavy (non-hydrogen) atoms. The molecule has 0 radical (unpaired) electrons. The summed E-state index contributed by atoms with van der Waals surface area (Å²) in [5, 5.41) is 14.9. The van der Waals surface area contributed by atoms with Crippen molar-refractivity contribution in [3.63, 3.8) is 0 Å². The highest BCUT2D eigenvalue weighted by atomic mass is 32.2. The third-order valence-electron chi connectivity index (χ3n) is 9.55. The maximum Gasteiger partial charge on any atom is 0.475 e. The number of aliphatic hydroxyl groups is 1. The lowest BCUT2D eigenvalue weighted by atomic mass is 9.77. The van der Waals surface area contributed by atoms with Gasteiger partial charge in [0, 0.05) is 11.9 Å². The normalized spacial score (nSPS) is 23.8. The number of hydrogen-bond donors (Lipinski definition) is 2. The Kier molecular flexibility index (Phi) is 12.0. The SMILES string of the molecule is CCOC(=O)C(C)(C)C(=O)SCCOP1(=O)OC[C@H]2O[C@@H](n3ccc(NC(c4ccccc4)(c4ccccc4)c4ccc(OC)cc4)nc3=O)[C@](C)(O)[C@@H]2O1. The van der Waals surface area contributed by atoms with Gasteiger partial charge in [0.1, 0.15) is 40.3 Å². The molecule has 1 unspecified atom stereocenters. The van der Waals surface area contributed by atoms with E-state index in [9.17, 15) is 24.1 Å². The number of anilines is 1. The number of methoxy groups -OCH3 is 1. The molecule has 0 saturated carbocycles. The number of thioether (sulfide) groups is 1. The summed E-state index contributed by atoms with van der Waals surface area (Å²) in [4.78, 5) is 43.0. The van der Waals surface area contributed by atoms with E-state index in [1.807, 2.05) is 84.9 Å². The number of hydrogen-bond acceptors (Lipinski definition) is 14. The summed E-state index contributed by atoms with van der Waals surface area (Å²) in [5.74, 6) is 0.325. The van der Waals surface area contributed by atoms with Gasteiger partial charge in [0.25, 0.3) is 0 Å². The molecule has 4 aromatic rings. The van der Waals surface area contributed by atoms with Crippen molar-refractivity contribution in [1.29, 1.82) is 0 Å². The van der Waals surface area contributed by atoms with Crippen LogP contribution in [0.1, 0.15) is 50.6 Å². The van der Waals surface area contributed by atoms with Gasteiger partial charge in [-0.05, 0) is 62.6 Å². The molecule has 0 spiro atoms. The van der Waals surface area contributed by atoms with Gasteiger partial charge in [-0.3, -0.25) is 27.7 Å². The summed E-state index contributed by atoms with van der Waals surface area (Å²) >= 11 is 0.819. The van der Waals surface area contributed by atoms with Gasteiger partial charge in [-0.2, -0.15) is 4.98 Å². The molecular formula is C39H44N3O11PS. The third kappa shape index (κ3) is 8.15. The number of phosphoric ester groups is 1. The zero-order valence-corrected chi connectivity index (χ0v) is 32.8. The van der Waals surface area contributed by atoms with E-state index in [1.54, 1.807) is 20.1 Å². The maximum atomic E-state index is 13.8. The van der Waals surface area contributed by atoms with Crippen molar-refractivity contribution in [2.75, 3.05) is 38.0 Å². The van der Waals surface area contributed by atoms with E-state index < -0.39 is 59.6 Å². The zero-order valence-electron chi connectivity index (χ0n) is 31.1. The topological polar surface area (TPSA) is 174 Å². The lowest BCUT2D eigenvalue weighted by molar-refractivity contribution is -0.155. The first-order valence-electron chi connectivity index (χ1n) is 17.7. The molecule has 2 fully saturated rings. The van der Waals surface area contributed by atoms with Crippen LogP contribution in [0.4, 0.5) is 5.82 Å². The van der Waals surface area contributed by atoms with Crippen molar-refractivity contribution < 1.29 is 47.0 Å². The van der Waals surface area contributed by atoms with Crippen LogP contribution in [0, 0.1) is 5.41 Å². The van der Waals surface area contributed by atoms with E-state index in [2.05, 4.69) is 10.3 Å². The molecule has 16 heteroatoms. The van der Waals surface area contributed by atoms with Gasteiger partial charge < -0.3 is 24.6 Å². The van der Waals surface area contributed by atoms with Gasteiger partial charge >= 0.3 is 19.5 Å². The van der Waals surface area contributed by atoms with Gasteiger partial charge in [0.05, 0.1) is 26.9 Å². The highest BCUT2D eigenvalue weighted by Crippen LogP contribution is 2.58. The minimum Gasteiger partial charge on any atom is -0.497 e. The largest absolute Gasteiger partial charge is 0.497 e. The second kappa shape index (κ2) is 16.4. The average Bonchev–Trinajstić information content (AvgIpc) is 3.44. The number of nitrogens with zero attached hydrogens (tertiary/aromatic N) is 2. The molecule has 14 nitrogen and oxygen atoms in total. The third-order valence-corrected chi connectivity index (χ3v) is 12.1. The molecule has 1 aromatic heterocycles. The summed E-state index contributed by atoms with van der Waals surface area (Å²) in [6.45, 7) is 5.63. The van der Waals surface area contributed by atoms with Crippen molar-refractivity contribution in [2.24, 2.45) is 5.41 Å². The van der Waals surface area contributed by atoms with Crippen molar-refractivity contribution in [2.45, 2.75) is 57.3 Å². The van der Waals surface area contributed by atoms with Crippen LogP contribution in [-0.2, 0) is 42.7 Å². The fourth-order valence-corrected chi connectivity index (χ4v) is 8.98. The Hall–Kier alpha value is -4.34.